The monoisotopic (exact) mass is 552 g/mol. The first-order valence-corrected chi connectivity index (χ1v) is 13.6. The molecule has 0 saturated carbocycles. The summed E-state index contributed by atoms with van der Waals surface area (Å²) in [6, 6.07) is 7.28. The lowest BCUT2D eigenvalue weighted by atomic mass is 9.84. The number of carbonyl (C=O) groups excluding carboxylic acids is 2. The molecule has 2 aliphatic rings. The third-order valence-corrected chi connectivity index (χ3v) is 7.12. The van der Waals surface area contributed by atoms with Gasteiger partial charge in [0.05, 0.1) is 37.6 Å². The maximum absolute atomic E-state index is 13.8. The number of Topliss-reactive ketones (excluding diaryl/α,β-unsaturated/α-hetero) is 1. The summed E-state index contributed by atoms with van der Waals surface area (Å²) < 4.78 is 22.6. The number of ether oxygens (including phenoxy) is 4. The van der Waals surface area contributed by atoms with Crippen LogP contribution in [0.25, 0.3) is 0 Å². The van der Waals surface area contributed by atoms with Crippen molar-refractivity contribution in [1.29, 1.82) is 5.41 Å². The van der Waals surface area contributed by atoms with E-state index in [0.29, 0.717) is 67.6 Å². The molecule has 1 amide bonds. The first kappa shape index (κ1) is 29.4. The Balaban J connectivity index is 1.67. The Labute approximate surface area is 236 Å². The number of nitrogens with zero attached hydrogens (tertiary/aromatic N) is 2. The minimum atomic E-state index is -0.303. The Bertz CT molecular complexity index is 1280. The van der Waals surface area contributed by atoms with Gasteiger partial charge in [-0.05, 0) is 42.2 Å². The second-order valence-corrected chi connectivity index (χ2v) is 10.9. The van der Waals surface area contributed by atoms with Crippen LogP contribution in [0.2, 0.25) is 0 Å². The van der Waals surface area contributed by atoms with Crippen LogP contribution in [0.5, 0.6) is 11.5 Å². The van der Waals surface area contributed by atoms with E-state index in [9.17, 15) is 9.59 Å². The molecule has 0 unspecified atom stereocenters. The molecule has 0 aliphatic carbocycles. The highest BCUT2D eigenvalue weighted by atomic mass is 16.7. The van der Waals surface area contributed by atoms with Crippen molar-refractivity contribution in [2.24, 2.45) is 0 Å². The third-order valence-electron chi connectivity index (χ3n) is 7.12. The van der Waals surface area contributed by atoms with Crippen molar-refractivity contribution in [3.63, 3.8) is 0 Å². The molecular formula is C30H40N4O6. The minimum absolute atomic E-state index is 0.0250. The van der Waals surface area contributed by atoms with Crippen molar-refractivity contribution in [2.75, 3.05) is 65.3 Å². The van der Waals surface area contributed by atoms with Crippen LogP contribution in [0.4, 0.5) is 5.69 Å². The fourth-order valence-corrected chi connectivity index (χ4v) is 5.06. The van der Waals surface area contributed by atoms with E-state index in [1.54, 1.807) is 31.2 Å². The number of hydrogen-bond donors (Lipinski definition) is 2. The number of ketones is 1. The number of nitrogens with one attached hydrogen (secondary N) is 2. The van der Waals surface area contributed by atoms with Gasteiger partial charge in [-0.15, -0.1) is 0 Å². The molecule has 0 bridgehead atoms. The van der Waals surface area contributed by atoms with Gasteiger partial charge in [0, 0.05) is 50.5 Å². The largest absolute Gasteiger partial charge is 0.493 e. The van der Waals surface area contributed by atoms with Crippen LogP contribution in [-0.2, 0) is 21.4 Å². The number of carbonyl (C=O) groups is 2. The van der Waals surface area contributed by atoms with E-state index in [1.165, 1.54) is 0 Å². The zero-order valence-electron chi connectivity index (χ0n) is 24.3. The molecule has 2 aromatic carbocycles. The van der Waals surface area contributed by atoms with Crippen LogP contribution >= 0.6 is 0 Å². The van der Waals surface area contributed by atoms with Gasteiger partial charge < -0.3 is 34.1 Å². The van der Waals surface area contributed by atoms with Crippen molar-refractivity contribution in [3.8, 4) is 11.5 Å². The molecule has 216 valence electrons. The summed E-state index contributed by atoms with van der Waals surface area (Å²) in [6.07, 6.45) is 0. The number of benzene rings is 2. The Morgan fingerprint density at radius 1 is 1.10 bits per heavy atom. The molecule has 10 nitrogen and oxygen atoms in total. The highest BCUT2D eigenvalue weighted by molar-refractivity contribution is 6.08. The number of morpholine rings is 1. The van der Waals surface area contributed by atoms with Gasteiger partial charge in [-0.2, -0.15) is 0 Å². The summed E-state index contributed by atoms with van der Waals surface area (Å²) >= 11 is 0. The molecule has 2 heterocycles. The molecule has 4 rings (SSSR count). The van der Waals surface area contributed by atoms with Crippen LogP contribution in [0.15, 0.2) is 24.3 Å². The molecule has 0 aromatic heterocycles. The highest BCUT2D eigenvalue weighted by Gasteiger charge is 2.31. The Hall–Kier alpha value is -3.63. The average molecular weight is 553 g/mol. The van der Waals surface area contributed by atoms with Crippen molar-refractivity contribution >= 4 is 23.2 Å². The standard InChI is InChI=1S/C30H40N4O6/c1-7-39-26-14-20-16-34(28(31)21(20)15-22(26)29(36)32-5)17-25(35)19-12-23(30(2,3)4)27(40-18-37-6)24(13-19)33-8-10-38-11-9-33/h12-15,31H,7-11,16-18H2,1-6H3,(H,32,36). The number of methoxy groups -OCH3 is 1. The van der Waals surface area contributed by atoms with Gasteiger partial charge in [0.25, 0.3) is 5.91 Å². The third kappa shape index (κ3) is 6.08. The van der Waals surface area contributed by atoms with Crippen molar-refractivity contribution in [3.05, 3.63) is 52.1 Å². The van der Waals surface area contributed by atoms with E-state index in [1.807, 2.05) is 19.1 Å². The topological polar surface area (TPSA) is 113 Å². The fraction of sp³-hybridized carbons (Fsp3) is 0.500. The van der Waals surface area contributed by atoms with Gasteiger partial charge >= 0.3 is 0 Å². The van der Waals surface area contributed by atoms with Crippen LogP contribution in [0, 0.1) is 5.41 Å². The van der Waals surface area contributed by atoms with Crippen LogP contribution < -0.4 is 19.7 Å². The first-order chi connectivity index (χ1) is 19.1. The first-order valence-electron chi connectivity index (χ1n) is 13.6. The molecule has 2 aliphatic heterocycles. The SMILES string of the molecule is CCOc1cc2c(cc1C(=O)NC)C(=N)N(CC(=O)c1cc(N3CCOCC3)c(OCOC)c(C(C)(C)C)c1)C2. The van der Waals surface area contributed by atoms with Crippen molar-refractivity contribution < 1.29 is 28.5 Å². The molecule has 10 heteroatoms. The minimum Gasteiger partial charge on any atom is -0.493 e. The zero-order chi connectivity index (χ0) is 29.0. The molecule has 40 heavy (non-hydrogen) atoms. The van der Waals surface area contributed by atoms with E-state index in [2.05, 4.69) is 31.0 Å². The summed E-state index contributed by atoms with van der Waals surface area (Å²) in [5.41, 5.74) is 3.85. The Morgan fingerprint density at radius 3 is 2.45 bits per heavy atom. The molecule has 2 aromatic rings. The van der Waals surface area contributed by atoms with Gasteiger partial charge in [0.15, 0.2) is 12.6 Å². The Morgan fingerprint density at radius 2 is 1.82 bits per heavy atom. The summed E-state index contributed by atoms with van der Waals surface area (Å²) in [5.74, 6) is 1.00. The summed E-state index contributed by atoms with van der Waals surface area (Å²) in [7, 11) is 3.14. The number of anilines is 1. The van der Waals surface area contributed by atoms with E-state index in [0.717, 1.165) is 16.8 Å². The highest BCUT2D eigenvalue weighted by Crippen LogP contribution is 2.41. The molecule has 1 saturated heterocycles. The van der Waals surface area contributed by atoms with E-state index in [4.69, 9.17) is 24.4 Å². The van der Waals surface area contributed by atoms with E-state index < -0.39 is 0 Å². The number of amidine groups is 1. The predicted molar refractivity (Wildman–Crippen MR) is 153 cm³/mol. The van der Waals surface area contributed by atoms with E-state index >= 15 is 0 Å². The molecule has 2 N–H and O–H groups in total. The van der Waals surface area contributed by atoms with Gasteiger partial charge in [-0.25, -0.2) is 0 Å². The number of rotatable bonds is 10. The van der Waals surface area contributed by atoms with Gasteiger partial charge in [-0.3, -0.25) is 15.0 Å². The smallest absolute Gasteiger partial charge is 0.254 e. The molecular weight excluding hydrogens is 512 g/mol. The van der Waals surface area contributed by atoms with E-state index in [-0.39, 0.29) is 36.3 Å². The predicted octanol–water partition coefficient (Wildman–Crippen LogP) is 3.59. The van der Waals surface area contributed by atoms with Gasteiger partial charge in [0.1, 0.15) is 17.3 Å². The molecule has 0 radical (unpaired) electrons. The maximum atomic E-state index is 13.8. The summed E-state index contributed by atoms with van der Waals surface area (Å²) in [4.78, 5) is 30.2. The number of fused-ring (bicyclic) bond motifs is 1. The number of amides is 1. The fourth-order valence-electron chi connectivity index (χ4n) is 5.06. The Kier molecular flexibility index (Phi) is 9.00. The lowest BCUT2D eigenvalue weighted by Crippen LogP contribution is -2.37. The van der Waals surface area contributed by atoms with Crippen molar-refractivity contribution in [1.82, 2.24) is 10.2 Å². The molecule has 0 spiro atoms. The summed E-state index contributed by atoms with van der Waals surface area (Å²) in [5, 5.41) is 11.4. The summed E-state index contributed by atoms with van der Waals surface area (Å²) in [6.45, 7) is 11.6. The van der Waals surface area contributed by atoms with Crippen LogP contribution in [0.1, 0.15) is 65.1 Å². The lowest BCUT2D eigenvalue weighted by Gasteiger charge is -2.33. The number of hydrogen-bond acceptors (Lipinski definition) is 8. The molecule has 1 fully saturated rings. The molecule has 0 atom stereocenters. The quantitative estimate of drug-likeness (QED) is 0.340. The lowest BCUT2D eigenvalue weighted by molar-refractivity contribution is 0.0498. The van der Waals surface area contributed by atoms with Crippen LogP contribution in [-0.4, -0.2) is 82.8 Å². The second kappa shape index (κ2) is 12.3. The van der Waals surface area contributed by atoms with Crippen LogP contribution in [0.3, 0.4) is 0 Å². The second-order valence-electron chi connectivity index (χ2n) is 10.9. The van der Waals surface area contributed by atoms with Gasteiger partial charge in [0.2, 0.25) is 0 Å². The zero-order valence-corrected chi connectivity index (χ0v) is 24.3. The van der Waals surface area contributed by atoms with Gasteiger partial charge in [-0.1, -0.05) is 20.8 Å². The average Bonchev–Trinajstić information content (AvgIpc) is 3.24. The maximum Gasteiger partial charge on any atom is 0.254 e. The normalized spacial score (nSPS) is 15.2. The van der Waals surface area contributed by atoms with Crippen molar-refractivity contribution in [2.45, 2.75) is 39.7 Å².